The van der Waals surface area contributed by atoms with E-state index in [2.05, 4.69) is 5.10 Å². The number of aromatic nitrogens is 2. The number of para-hydroxylation sites is 1. The highest BCUT2D eigenvalue weighted by Gasteiger charge is 2.22. The third-order valence-corrected chi connectivity index (χ3v) is 3.78. The molecule has 1 heterocycles. The number of halogens is 1. The highest BCUT2D eigenvalue weighted by Crippen LogP contribution is 2.31. The van der Waals surface area contributed by atoms with Crippen molar-refractivity contribution in [2.45, 2.75) is 5.38 Å². The Kier molecular flexibility index (Phi) is 3.94. The van der Waals surface area contributed by atoms with Crippen molar-refractivity contribution in [3.63, 3.8) is 0 Å². The van der Waals surface area contributed by atoms with Gasteiger partial charge in [0.05, 0.1) is 11.4 Å². The van der Waals surface area contributed by atoms with Gasteiger partial charge in [-0.05, 0) is 12.1 Å². The van der Waals surface area contributed by atoms with Crippen LogP contribution >= 0.6 is 11.6 Å². The summed E-state index contributed by atoms with van der Waals surface area (Å²) in [6.45, 7) is 0. The van der Waals surface area contributed by atoms with Crippen LogP contribution in [0.4, 0.5) is 0 Å². The fourth-order valence-corrected chi connectivity index (χ4v) is 2.42. The van der Waals surface area contributed by atoms with Crippen LogP contribution < -0.4 is 5.73 Å². The number of rotatable bonds is 4. The van der Waals surface area contributed by atoms with E-state index in [9.17, 15) is 4.79 Å². The van der Waals surface area contributed by atoms with Gasteiger partial charge in [-0.15, -0.1) is 11.6 Å². The summed E-state index contributed by atoms with van der Waals surface area (Å²) in [7, 11) is 0. The molecule has 2 aromatic carbocycles. The summed E-state index contributed by atoms with van der Waals surface area (Å²) in [6, 6.07) is 19.2. The molecule has 0 aliphatic heterocycles. The van der Waals surface area contributed by atoms with E-state index in [1.807, 2.05) is 60.7 Å². The summed E-state index contributed by atoms with van der Waals surface area (Å²) in [5.74, 6) is -0.591. The van der Waals surface area contributed by atoms with Gasteiger partial charge in [-0.1, -0.05) is 48.5 Å². The van der Waals surface area contributed by atoms with Gasteiger partial charge in [-0.25, -0.2) is 4.68 Å². The number of alkyl halides is 1. The van der Waals surface area contributed by atoms with E-state index in [1.165, 1.54) is 0 Å². The van der Waals surface area contributed by atoms with Crippen molar-refractivity contribution in [2.75, 3.05) is 0 Å². The number of hydrogen-bond acceptors (Lipinski definition) is 2. The second-order valence-electron chi connectivity index (χ2n) is 4.84. The summed E-state index contributed by atoms with van der Waals surface area (Å²) < 4.78 is 1.70. The molecule has 1 amide bonds. The Balaban J connectivity index is 2.15. The molecule has 3 rings (SSSR count). The molecule has 1 aromatic heterocycles. The van der Waals surface area contributed by atoms with Crippen LogP contribution in [-0.2, 0) is 4.79 Å². The molecule has 0 aliphatic carbocycles. The van der Waals surface area contributed by atoms with Crippen LogP contribution in [-0.4, -0.2) is 15.7 Å². The largest absolute Gasteiger partial charge is 0.368 e. The fourth-order valence-electron chi connectivity index (χ4n) is 2.26. The maximum atomic E-state index is 11.5. The van der Waals surface area contributed by atoms with Gasteiger partial charge in [-0.3, -0.25) is 4.79 Å². The maximum absolute atomic E-state index is 11.5. The van der Waals surface area contributed by atoms with Crippen molar-refractivity contribution in [3.05, 3.63) is 72.4 Å². The third-order valence-electron chi connectivity index (χ3n) is 3.33. The van der Waals surface area contributed by atoms with E-state index in [-0.39, 0.29) is 0 Å². The van der Waals surface area contributed by atoms with Crippen molar-refractivity contribution >= 4 is 17.5 Å². The van der Waals surface area contributed by atoms with Crippen LogP contribution in [0.3, 0.4) is 0 Å². The fraction of sp³-hybridized carbons (Fsp3) is 0.0588. The Morgan fingerprint density at radius 2 is 1.64 bits per heavy atom. The molecule has 0 saturated carbocycles. The minimum atomic E-state index is -0.923. The van der Waals surface area contributed by atoms with Crippen LogP contribution in [0.15, 0.2) is 66.9 Å². The molecule has 0 saturated heterocycles. The van der Waals surface area contributed by atoms with Crippen molar-refractivity contribution < 1.29 is 4.79 Å². The summed E-state index contributed by atoms with van der Waals surface area (Å²) in [6.07, 6.45) is 1.75. The quantitative estimate of drug-likeness (QED) is 0.751. The molecule has 5 heteroatoms. The predicted octanol–water partition coefficient (Wildman–Crippen LogP) is 3.30. The first kappa shape index (κ1) is 14.4. The lowest BCUT2D eigenvalue weighted by Crippen LogP contribution is -2.17. The first-order chi connectivity index (χ1) is 10.7. The zero-order chi connectivity index (χ0) is 15.5. The number of hydrogen-bond donors (Lipinski definition) is 1. The number of nitrogens with two attached hydrogens (primary N) is 1. The van der Waals surface area contributed by atoms with E-state index in [4.69, 9.17) is 17.3 Å². The normalized spacial score (nSPS) is 12.0. The molecule has 0 radical (unpaired) electrons. The van der Waals surface area contributed by atoms with Gasteiger partial charge >= 0.3 is 0 Å². The van der Waals surface area contributed by atoms with Crippen LogP contribution in [0.5, 0.6) is 0 Å². The molecule has 4 nitrogen and oxygen atoms in total. The highest BCUT2D eigenvalue weighted by molar-refractivity contribution is 6.31. The third kappa shape index (κ3) is 2.73. The molecular formula is C17H14ClN3O. The van der Waals surface area contributed by atoms with Gasteiger partial charge in [0.1, 0.15) is 5.38 Å². The summed E-state index contributed by atoms with van der Waals surface area (Å²) in [5, 5.41) is 3.66. The molecule has 1 atom stereocenters. The van der Waals surface area contributed by atoms with E-state index in [1.54, 1.807) is 10.9 Å². The van der Waals surface area contributed by atoms with Gasteiger partial charge in [0.2, 0.25) is 5.91 Å². The number of carbonyl (C=O) groups excluding carboxylic acids is 1. The molecular weight excluding hydrogens is 298 g/mol. The summed E-state index contributed by atoms with van der Waals surface area (Å²) in [5.41, 5.74) is 8.39. The average molecular weight is 312 g/mol. The smallest absolute Gasteiger partial charge is 0.240 e. The van der Waals surface area contributed by atoms with Crippen molar-refractivity contribution in [1.82, 2.24) is 9.78 Å². The molecule has 110 valence electrons. The second kappa shape index (κ2) is 6.03. The first-order valence-electron chi connectivity index (χ1n) is 6.80. The lowest BCUT2D eigenvalue weighted by Gasteiger charge is -2.05. The zero-order valence-electron chi connectivity index (χ0n) is 11.7. The zero-order valence-corrected chi connectivity index (χ0v) is 12.4. The predicted molar refractivity (Wildman–Crippen MR) is 86.8 cm³/mol. The molecule has 3 aromatic rings. The SMILES string of the molecule is NC(=O)C(Cl)c1cn(-c2ccccc2)nc1-c1ccccc1. The van der Waals surface area contributed by atoms with E-state index >= 15 is 0 Å². The number of carbonyl (C=O) groups is 1. The number of amides is 1. The first-order valence-corrected chi connectivity index (χ1v) is 7.24. The van der Waals surface area contributed by atoms with Crippen molar-refractivity contribution in [3.8, 4) is 16.9 Å². The highest BCUT2D eigenvalue weighted by atomic mass is 35.5. The summed E-state index contributed by atoms with van der Waals surface area (Å²) >= 11 is 6.17. The Bertz CT molecular complexity index is 784. The van der Waals surface area contributed by atoms with Crippen molar-refractivity contribution in [1.29, 1.82) is 0 Å². The minimum Gasteiger partial charge on any atom is -0.368 e. The molecule has 2 N–H and O–H groups in total. The van der Waals surface area contributed by atoms with Gasteiger partial charge in [0.15, 0.2) is 0 Å². The van der Waals surface area contributed by atoms with E-state index in [0.29, 0.717) is 11.3 Å². The lowest BCUT2D eigenvalue weighted by atomic mass is 10.1. The van der Waals surface area contributed by atoms with Crippen LogP contribution in [0.1, 0.15) is 10.9 Å². The van der Waals surface area contributed by atoms with Crippen LogP contribution in [0.25, 0.3) is 16.9 Å². The number of primary amides is 1. The van der Waals surface area contributed by atoms with E-state index in [0.717, 1.165) is 11.3 Å². The Morgan fingerprint density at radius 1 is 1.05 bits per heavy atom. The average Bonchev–Trinajstić information content (AvgIpc) is 3.01. The number of benzene rings is 2. The lowest BCUT2D eigenvalue weighted by molar-refractivity contribution is -0.117. The van der Waals surface area contributed by atoms with Crippen LogP contribution in [0.2, 0.25) is 0 Å². The molecule has 0 bridgehead atoms. The Hall–Kier alpha value is -2.59. The number of nitrogens with zero attached hydrogens (tertiary/aromatic N) is 2. The minimum absolute atomic E-state index is 0.591. The van der Waals surface area contributed by atoms with Gasteiger partial charge in [0, 0.05) is 17.3 Å². The topological polar surface area (TPSA) is 60.9 Å². The van der Waals surface area contributed by atoms with Crippen molar-refractivity contribution in [2.24, 2.45) is 5.73 Å². The Labute approximate surface area is 133 Å². The molecule has 0 aliphatic rings. The second-order valence-corrected chi connectivity index (χ2v) is 5.28. The van der Waals surface area contributed by atoms with Gasteiger partial charge in [-0.2, -0.15) is 5.10 Å². The van der Waals surface area contributed by atoms with E-state index < -0.39 is 11.3 Å². The molecule has 1 unspecified atom stereocenters. The monoisotopic (exact) mass is 311 g/mol. The van der Waals surface area contributed by atoms with Gasteiger partial charge < -0.3 is 5.73 Å². The molecule has 0 fully saturated rings. The molecule has 22 heavy (non-hydrogen) atoms. The Morgan fingerprint density at radius 3 is 2.23 bits per heavy atom. The van der Waals surface area contributed by atoms with Gasteiger partial charge in [0.25, 0.3) is 0 Å². The van der Waals surface area contributed by atoms with Crippen LogP contribution in [0, 0.1) is 0 Å². The molecule has 0 spiro atoms. The standard InChI is InChI=1S/C17H14ClN3O/c18-15(17(19)22)14-11-21(13-9-5-2-6-10-13)20-16(14)12-7-3-1-4-8-12/h1-11,15H,(H2,19,22). The maximum Gasteiger partial charge on any atom is 0.240 e. The summed E-state index contributed by atoms with van der Waals surface area (Å²) in [4.78, 5) is 11.5.